The van der Waals surface area contributed by atoms with Gasteiger partial charge in [-0.3, -0.25) is 19.7 Å². The molecule has 5 rings (SSSR count). The molecule has 1 aliphatic heterocycles. The lowest BCUT2D eigenvalue weighted by Crippen LogP contribution is -2.64. The predicted octanol–water partition coefficient (Wildman–Crippen LogP) is 3.31. The fraction of sp³-hybridized carbons (Fsp3) is 0.346. The van der Waals surface area contributed by atoms with Crippen molar-refractivity contribution in [2.24, 2.45) is 10.7 Å². The minimum atomic E-state index is -1.00. The van der Waals surface area contributed by atoms with Crippen LogP contribution in [0.3, 0.4) is 0 Å². The maximum absolute atomic E-state index is 16.0. The first-order valence-corrected chi connectivity index (χ1v) is 12.1. The van der Waals surface area contributed by atoms with Gasteiger partial charge < -0.3 is 20.5 Å². The number of rotatable bonds is 6. The lowest BCUT2D eigenvalue weighted by Gasteiger charge is -2.45. The molecule has 4 N–H and O–H groups in total. The van der Waals surface area contributed by atoms with Crippen LogP contribution in [0.4, 0.5) is 10.1 Å². The van der Waals surface area contributed by atoms with Crippen LogP contribution < -0.4 is 10.6 Å². The van der Waals surface area contributed by atoms with Crippen LogP contribution in [0.25, 0.3) is 22.4 Å². The third-order valence-electron chi connectivity index (χ3n) is 7.03. The van der Waals surface area contributed by atoms with E-state index in [4.69, 9.17) is 11.1 Å². The van der Waals surface area contributed by atoms with Gasteiger partial charge in [-0.15, -0.1) is 0 Å². The summed E-state index contributed by atoms with van der Waals surface area (Å²) >= 11 is 0. The Morgan fingerprint density at radius 2 is 2.05 bits per heavy atom. The number of hydrogen-bond donors (Lipinski definition) is 3. The van der Waals surface area contributed by atoms with Crippen molar-refractivity contribution in [2.45, 2.75) is 45.2 Å². The van der Waals surface area contributed by atoms with E-state index >= 15 is 4.39 Å². The zero-order chi connectivity index (χ0) is 26.5. The van der Waals surface area contributed by atoms with Crippen LogP contribution in [0.15, 0.2) is 41.7 Å². The van der Waals surface area contributed by atoms with Gasteiger partial charge in [0.05, 0.1) is 29.2 Å². The Hall–Kier alpha value is -4.28. The van der Waals surface area contributed by atoms with Gasteiger partial charge in [0.2, 0.25) is 5.91 Å². The molecular weight excluding hydrogens is 475 g/mol. The maximum Gasteiger partial charge on any atom is 0.252 e. The zero-order valence-corrected chi connectivity index (χ0v) is 21.0. The van der Waals surface area contributed by atoms with E-state index in [0.717, 1.165) is 19.2 Å². The van der Waals surface area contributed by atoms with E-state index in [1.807, 2.05) is 4.68 Å². The van der Waals surface area contributed by atoms with Gasteiger partial charge in [-0.1, -0.05) is 12.1 Å². The largest absolute Gasteiger partial charge is 0.382 e. The van der Waals surface area contributed by atoms with Crippen LogP contribution in [0.5, 0.6) is 0 Å². The number of halogens is 1. The summed E-state index contributed by atoms with van der Waals surface area (Å²) in [6, 6.07) is 7.34. The molecule has 192 valence electrons. The Bertz CT molecular complexity index is 1430. The third kappa shape index (κ3) is 4.20. The fourth-order valence-electron chi connectivity index (χ4n) is 4.93. The number of aliphatic imine (C=N–C) groups is 1. The van der Waals surface area contributed by atoms with Gasteiger partial charge in [-0.2, -0.15) is 5.10 Å². The van der Waals surface area contributed by atoms with Crippen molar-refractivity contribution >= 4 is 29.7 Å². The Morgan fingerprint density at radius 3 is 2.73 bits per heavy atom. The van der Waals surface area contributed by atoms with Crippen LogP contribution in [-0.2, 0) is 9.59 Å². The number of nitrogens with two attached hydrogens (primary N) is 1. The van der Waals surface area contributed by atoms with Crippen LogP contribution in [0, 0.1) is 11.2 Å². The molecule has 10 nitrogen and oxygen atoms in total. The quantitative estimate of drug-likeness (QED) is 0.350. The molecule has 2 fully saturated rings. The first-order chi connectivity index (χ1) is 17.6. The summed E-state index contributed by atoms with van der Waals surface area (Å²) in [5.74, 6) is -0.926. The number of aromatic nitrogens is 3. The summed E-state index contributed by atoms with van der Waals surface area (Å²) in [6.45, 7) is 5.63. The van der Waals surface area contributed by atoms with Crippen LogP contribution in [0.2, 0.25) is 0 Å². The second kappa shape index (κ2) is 8.99. The van der Waals surface area contributed by atoms with Crippen molar-refractivity contribution in [3.8, 4) is 22.4 Å². The van der Waals surface area contributed by atoms with Gasteiger partial charge >= 0.3 is 0 Å². The summed E-state index contributed by atoms with van der Waals surface area (Å²) in [5.41, 5.74) is 7.43. The summed E-state index contributed by atoms with van der Waals surface area (Å²) in [5, 5.41) is 11.7. The molecule has 3 aromatic rings. The van der Waals surface area contributed by atoms with E-state index in [-0.39, 0.29) is 34.6 Å². The minimum absolute atomic E-state index is 0.0252. The molecule has 0 radical (unpaired) electrons. The van der Waals surface area contributed by atoms with E-state index in [2.05, 4.69) is 15.1 Å². The summed E-state index contributed by atoms with van der Waals surface area (Å²) in [7, 11) is 0. The van der Waals surface area contributed by atoms with Crippen LogP contribution in [-0.4, -0.2) is 62.3 Å². The predicted molar refractivity (Wildman–Crippen MR) is 139 cm³/mol. The number of nitrogens with zero attached hydrogens (tertiary/aromatic N) is 5. The van der Waals surface area contributed by atoms with Gasteiger partial charge in [0.1, 0.15) is 17.7 Å². The summed E-state index contributed by atoms with van der Waals surface area (Å²) in [6.07, 6.45) is 6.27. The minimum Gasteiger partial charge on any atom is -0.382 e. The number of nitrogens with one attached hydrogen (secondary N) is 2. The molecule has 0 atom stereocenters. The Balaban J connectivity index is 1.56. The number of benzene rings is 1. The molecule has 1 aliphatic carbocycles. The normalized spacial score (nSPS) is 17.8. The Labute approximate surface area is 213 Å². The van der Waals surface area contributed by atoms with Crippen LogP contribution in [0.1, 0.15) is 45.3 Å². The average molecular weight is 505 g/mol. The number of H-pyrrole nitrogens is 1. The molecule has 0 bridgehead atoms. The molecule has 11 heteroatoms. The monoisotopic (exact) mass is 504 g/mol. The highest BCUT2D eigenvalue weighted by Gasteiger charge is 2.43. The number of carbonyl (C=O) groups is 2. The lowest BCUT2D eigenvalue weighted by atomic mass is 9.96. The highest BCUT2D eigenvalue weighted by Crippen LogP contribution is 2.39. The molecule has 1 saturated heterocycles. The highest BCUT2D eigenvalue weighted by atomic mass is 19.1. The maximum atomic E-state index is 16.0. The van der Waals surface area contributed by atoms with Crippen LogP contribution >= 0.6 is 0 Å². The van der Waals surface area contributed by atoms with E-state index in [1.165, 1.54) is 6.92 Å². The average Bonchev–Trinajstić information content (AvgIpc) is 3.49. The topological polar surface area (TPSA) is 136 Å². The van der Waals surface area contributed by atoms with Crippen molar-refractivity contribution in [3.63, 3.8) is 0 Å². The van der Waals surface area contributed by atoms with Crippen molar-refractivity contribution in [1.82, 2.24) is 19.7 Å². The second-order valence-corrected chi connectivity index (χ2v) is 9.88. The van der Waals surface area contributed by atoms with Gasteiger partial charge in [0.15, 0.2) is 5.82 Å². The number of hydrogen-bond acceptors (Lipinski definition) is 4. The number of amidine groups is 1. The van der Waals surface area contributed by atoms with E-state index < -0.39 is 11.4 Å². The molecular formula is C26H29FN8O2. The molecule has 0 unspecified atom stereocenters. The molecule has 2 aromatic heterocycles. The van der Waals surface area contributed by atoms with Gasteiger partial charge in [0, 0.05) is 43.0 Å². The lowest BCUT2D eigenvalue weighted by molar-refractivity contribution is -0.145. The number of anilines is 1. The molecule has 37 heavy (non-hydrogen) atoms. The Morgan fingerprint density at radius 1 is 1.30 bits per heavy atom. The molecule has 1 aromatic carbocycles. The van der Waals surface area contributed by atoms with E-state index in [1.54, 1.807) is 60.3 Å². The summed E-state index contributed by atoms with van der Waals surface area (Å²) < 4.78 is 17.9. The number of aromatic amines is 1. The SMILES string of the molecule is CC(=O)N1CCN(c2cccc(-c3[nH]c(/C(N)=N\C=N)c(-c4cnn(C5CC5)c4)c3F)c2)C(=O)C1(C)C. The molecule has 1 saturated carbocycles. The summed E-state index contributed by atoms with van der Waals surface area (Å²) in [4.78, 5) is 35.5. The smallest absolute Gasteiger partial charge is 0.252 e. The zero-order valence-electron chi connectivity index (χ0n) is 21.0. The van der Waals surface area contributed by atoms with E-state index in [9.17, 15) is 9.59 Å². The molecule has 2 aliphatic rings. The second-order valence-electron chi connectivity index (χ2n) is 9.88. The standard InChI is InChI=1S/C26H29FN8O2/c1-15(36)34-10-9-33(25(37)26(34,2)3)19-6-4-5-16(11-19)22-21(27)20(23(32-22)24(29)30-14-28)17-12-31-35(13-17)18-7-8-18/h4-6,11-14,18,32H,7-10H2,1-3H3,(H3,28,29,30). The fourth-order valence-corrected chi connectivity index (χ4v) is 4.93. The van der Waals surface area contributed by atoms with Crippen molar-refractivity contribution < 1.29 is 14.0 Å². The van der Waals surface area contributed by atoms with Crippen molar-refractivity contribution in [3.05, 3.63) is 48.2 Å². The van der Waals surface area contributed by atoms with E-state index in [0.29, 0.717) is 35.9 Å². The highest BCUT2D eigenvalue weighted by molar-refractivity contribution is 6.06. The molecule has 2 amide bonds. The van der Waals surface area contributed by atoms with Crippen molar-refractivity contribution in [2.75, 3.05) is 18.0 Å². The van der Waals surface area contributed by atoms with Crippen molar-refractivity contribution in [1.29, 1.82) is 5.41 Å². The number of carbonyl (C=O) groups excluding carboxylic acids is 2. The molecule has 3 heterocycles. The first-order valence-electron chi connectivity index (χ1n) is 12.1. The van der Waals surface area contributed by atoms with Gasteiger partial charge in [-0.05, 0) is 38.8 Å². The van der Waals surface area contributed by atoms with Gasteiger partial charge in [0.25, 0.3) is 5.91 Å². The number of amides is 2. The molecule has 0 spiro atoms. The first kappa shape index (κ1) is 24.4. The third-order valence-corrected chi connectivity index (χ3v) is 7.03. The Kier molecular flexibility index (Phi) is 5.93. The van der Waals surface area contributed by atoms with Gasteiger partial charge in [-0.25, -0.2) is 9.38 Å². The number of piperazine rings is 1.